The fraction of sp³-hybridized carbons (Fsp3) is 0.455. The second kappa shape index (κ2) is 7.09. The Hall–Kier alpha value is -2.00. The van der Waals surface area contributed by atoms with E-state index < -0.39 is 0 Å². The molecule has 2 aromatic carbocycles. The average Bonchev–Trinajstić information content (AvgIpc) is 2.54. The Morgan fingerprint density at radius 3 is 2.32 bits per heavy atom. The summed E-state index contributed by atoms with van der Waals surface area (Å²) < 4.78 is 5.25. The normalized spacial score (nSPS) is 15.0. The van der Waals surface area contributed by atoms with Crippen molar-refractivity contribution in [2.24, 2.45) is 0 Å². The summed E-state index contributed by atoms with van der Waals surface area (Å²) in [5, 5.41) is 14.5. The van der Waals surface area contributed by atoms with Crippen molar-refractivity contribution in [2.45, 2.75) is 58.0 Å². The second-order valence-corrected chi connectivity index (χ2v) is 8.02. The smallest absolute Gasteiger partial charge is 0.127 e. The van der Waals surface area contributed by atoms with Crippen LogP contribution in [0.1, 0.15) is 51.2 Å². The molecule has 2 N–H and O–H groups in total. The molecule has 0 atom stereocenters. The molecule has 1 aliphatic carbocycles. The Morgan fingerprint density at radius 2 is 1.80 bits per heavy atom. The first-order valence-corrected chi connectivity index (χ1v) is 9.12. The van der Waals surface area contributed by atoms with Crippen LogP contribution in [0.3, 0.4) is 0 Å². The molecule has 1 fully saturated rings. The van der Waals surface area contributed by atoms with Crippen LogP contribution in [0.4, 0.5) is 0 Å². The summed E-state index contributed by atoms with van der Waals surface area (Å²) in [6.07, 6.45) is 3.79. The highest BCUT2D eigenvalue weighted by atomic mass is 16.5. The lowest BCUT2D eigenvalue weighted by molar-refractivity contribution is 0.335. The summed E-state index contributed by atoms with van der Waals surface area (Å²) >= 11 is 0. The number of hydrogen-bond acceptors (Lipinski definition) is 3. The Bertz CT molecular complexity index is 725. The Morgan fingerprint density at radius 1 is 1.12 bits per heavy atom. The molecule has 25 heavy (non-hydrogen) atoms. The summed E-state index contributed by atoms with van der Waals surface area (Å²) in [6, 6.07) is 12.7. The van der Waals surface area contributed by atoms with Crippen LogP contribution >= 0.6 is 0 Å². The molecular formula is C22H29NO2. The monoisotopic (exact) mass is 339 g/mol. The van der Waals surface area contributed by atoms with Crippen molar-refractivity contribution in [1.29, 1.82) is 0 Å². The van der Waals surface area contributed by atoms with Gasteiger partial charge in [0.1, 0.15) is 11.5 Å². The Kier molecular flexibility index (Phi) is 5.05. The van der Waals surface area contributed by atoms with E-state index in [1.807, 2.05) is 24.3 Å². The molecule has 0 heterocycles. The van der Waals surface area contributed by atoms with E-state index in [0.717, 1.165) is 22.4 Å². The van der Waals surface area contributed by atoms with E-state index in [9.17, 15) is 5.11 Å². The fourth-order valence-corrected chi connectivity index (χ4v) is 3.12. The van der Waals surface area contributed by atoms with Gasteiger partial charge in [-0.2, -0.15) is 0 Å². The molecule has 3 heteroatoms. The van der Waals surface area contributed by atoms with Gasteiger partial charge in [-0.05, 0) is 47.6 Å². The number of benzene rings is 2. The first-order chi connectivity index (χ1) is 11.9. The number of rotatable bonds is 5. The van der Waals surface area contributed by atoms with Crippen molar-refractivity contribution in [3.63, 3.8) is 0 Å². The van der Waals surface area contributed by atoms with Crippen molar-refractivity contribution in [1.82, 2.24) is 5.32 Å². The van der Waals surface area contributed by atoms with E-state index in [1.54, 1.807) is 7.11 Å². The lowest BCUT2D eigenvalue weighted by Crippen LogP contribution is -2.34. The number of aromatic hydroxyl groups is 1. The number of phenols is 1. The van der Waals surface area contributed by atoms with Gasteiger partial charge >= 0.3 is 0 Å². The van der Waals surface area contributed by atoms with Crippen LogP contribution in [0.2, 0.25) is 0 Å². The number of methoxy groups -OCH3 is 1. The van der Waals surface area contributed by atoms with Gasteiger partial charge in [-0.15, -0.1) is 0 Å². The van der Waals surface area contributed by atoms with Gasteiger partial charge in [-0.3, -0.25) is 0 Å². The predicted molar refractivity (Wildman–Crippen MR) is 103 cm³/mol. The highest BCUT2D eigenvalue weighted by Crippen LogP contribution is 2.38. The summed E-state index contributed by atoms with van der Waals surface area (Å²) in [4.78, 5) is 0. The number of hydrogen-bond donors (Lipinski definition) is 2. The fourth-order valence-electron chi connectivity index (χ4n) is 3.12. The molecule has 0 radical (unpaired) electrons. The molecule has 134 valence electrons. The summed E-state index contributed by atoms with van der Waals surface area (Å²) in [5.41, 5.74) is 4.14. The molecule has 0 amide bonds. The molecule has 0 unspecified atom stereocenters. The number of ether oxygens (including phenoxy) is 1. The molecule has 0 bridgehead atoms. The van der Waals surface area contributed by atoms with E-state index in [0.29, 0.717) is 18.3 Å². The predicted octanol–water partition coefficient (Wildman–Crippen LogP) is 5.01. The molecule has 0 spiro atoms. The highest BCUT2D eigenvalue weighted by molar-refractivity contribution is 5.73. The van der Waals surface area contributed by atoms with E-state index in [4.69, 9.17) is 4.74 Å². The molecule has 0 aliphatic heterocycles. The highest BCUT2D eigenvalue weighted by Gasteiger charge is 2.21. The lowest BCUT2D eigenvalue weighted by Gasteiger charge is -2.28. The van der Waals surface area contributed by atoms with Gasteiger partial charge in [-0.25, -0.2) is 0 Å². The standard InChI is InChI=1S/C22H29NO2/c1-22(2,3)17-12-16(14-23-18-6-5-7-18)21(24)20(13-17)15-8-10-19(25-4)11-9-15/h8-13,18,23-24H,5-7,14H2,1-4H3. The molecule has 0 aromatic heterocycles. The van der Waals surface area contributed by atoms with Crippen LogP contribution in [0.25, 0.3) is 11.1 Å². The molecule has 3 nitrogen and oxygen atoms in total. The Labute approximate surface area is 151 Å². The number of nitrogens with one attached hydrogen (secondary N) is 1. The SMILES string of the molecule is COc1ccc(-c2cc(C(C)(C)C)cc(CNC3CCC3)c2O)cc1. The van der Waals surface area contributed by atoms with E-state index in [2.05, 4.69) is 38.2 Å². The maximum absolute atomic E-state index is 10.9. The lowest BCUT2D eigenvalue weighted by atomic mass is 9.83. The molecule has 2 aromatic rings. The minimum absolute atomic E-state index is 0.0279. The minimum Gasteiger partial charge on any atom is -0.507 e. The van der Waals surface area contributed by atoms with E-state index >= 15 is 0 Å². The minimum atomic E-state index is 0.0279. The maximum atomic E-state index is 10.9. The van der Waals surface area contributed by atoms with Gasteiger partial charge in [0.15, 0.2) is 0 Å². The molecule has 1 saturated carbocycles. The maximum Gasteiger partial charge on any atom is 0.127 e. The van der Waals surface area contributed by atoms with E-state index in [1.165, 1.54) is 24.8 Å². The molecule has 1 aliphatic rings. The van der Waals surface area contributed by atoms with E-state index in [-0.39, 0.29) is 5.41 Å². The zero-order chi connectivity index (χ0) is 18.0. The van der Waals surface area contributed by atoms with Crippen molar-refractivity contribution in [2.75, 3.05) is 7.11 Å². The topological polar surface area (TPSA) is 41.5 Å². The first kappa shape index (κ1) is 17.8. The van der Waals surface area contributed by atoms with Crippen LogP contribution < -0.4 is 10.1 Å². The third-order valence-corrected chi connectivity index (χ3v) is 5.14. The van der Waals surface area contributed by atoms with Crippen molar-refractivity contribution >= 4 is 0 Å². The first-order valence-electron chi connectivity index (χ1n) is 9.12. The number of phenolic OH excluding ortho intramolecular Hbond substituents is 1. The molecule has 0 saturated heterocycles. The molecule has 3 rings (SSSR count). The Balaban J connectivity index is 1.99. The summed E-state index contributed by atoms with van der Waals surface area (Å²) in [7, 11) is 1.66. The van der Waals surface area contributed by atoms with Crippen LogP contribution in [-0.2, 0) is 12.0 Å². The van der Waals surface area contributed by atoms with Gasteiger partial charge in [-0.1, -0.05) is 45.4 Å². The third kappa shape index (κ3) is 3.98. The van der Waals surface area contributed by atoms with Gasteiger partial charge in [0.25, 0.3) is 0 Å². The van der Waals surface area contributed by atoms with Gasteiger partial charge in [0, 0.05) is 23.7 Å². The zero-order valence-electron chi connectivity index (χ0n) is 15.7. The zero-order valence-corrected chi connectivity index (χ0v) is 15.7. The van der Waals surface area contributed by atoms with Crippen molar-refractivity contribution in [3.8, 4) is 22.6 Å². The largest absolute Gasteiger partial charge is 0.507 e. The van der Waals surface area contributed by atoms with Crippen LogP contribution in [0.5, 0.6) is 11.5 Å². The van der Waals surface area contributed by atoms with Gasteiger partial charge < -0.3 is 15.2 Å². The summed E-state index contributed by atoms with van der Waals surface area (Å²) in [6.45, 7) is 7.34. The van der Waals surface area contributed by atoms with Crippen molar-refractivity contribution in [3.05, 3.63) is 47.5 Å². The molecular weight excluding hydrogens is 310 g/mol. The third-order valence-electron chi connectivity index (χ3n) is 5.14. The average molecular weight is 339 g/mol. The van der Waals surface area contributed by atoms with Crippen molar-refractivity contribution < 1.29 is 9.84 Å². The quantitative estimate of drug-likeness (QED) is 0.805. The summed E-state index contributed by atoms with van der Waals surface area (Å²) in [5.74, 6) is 1.20. The van der Waals surface area contributed by atoms with Crippen LogP contribution in [-0.4, -0.2) is 18.3 Å². The second-order valence-electron chi connectivity index (χ2n) is 8.02. The van der Waals surface area contributed by atoms with Crippen LogP contribution in [0, 0.1) is 0 Å². The van der Waals surface area contributed by atoms with Gasteiger partial charge in [0.2, 0.25) is 0 Å². The van der Waals surface area contributed by atoms with Crippen LogP contribution in [0.15, 0.2) is 36.4 Å². The van der Waals surface area contributed by atoms with Gasteiger partial charge in [0.05, 0.1) is 7.11 Å².